The van der Waals surface area contributed by atoms with Gasteiger partial charge in [-0.2, -0.15) is 0 Å². The van der Waals surface area contributed by atoms with Crippen LogP contribution in [0.1, 0.15) is 48.4 Å². The van der Waals surface area contributed by atoms with E-state index in [4.69, 9.17) is 4.74 Å². The van der Waals surface area contributed by atoms with Crippen molar-refractivity contribution in [2.75, 3.05) is 7.11 Å². The van der Waals surface area contributed by atoms with Crippen LogP contribution < -0.4 is 4.74 Å². The van der Waals surface area contributed by atoms with E-state index < -0.39 is 5.60 Å². The van der Waals surface area contributed by atoms with E-state index in [0.717, 1.165) is 52.8 Å². The average molecular weight is 370 g/mol. The predicted octanol–water partition coefficient (Wildman–Crippen LogP) is 6.05. The third kappa shape index (κ3) is 2.94. The van der Waals surface area contributed by atoms with Gasteiger partial charge in [0.2, 0.25) is 0 Å². The number of unbranched alkanes of at least 4 members (excludes halogenated alkanes) is 1. The predicted molar refractivity (Wildman–Crippen MR) is 115 cm³/mol. The highest BCUT2D eigenvalue weighted by atomic mass is 16.5. The number of hydrogen-bond acceptors (Lipinski definition) is 2. The Morgan fingerprint density at radius 1 is 0.893 bits per heavy atom. The van der Waals surface area contributed by atoms with E-state index in [1.54, 1.807) is 7.11 Å². The Hall–Kier alpha value is -2.84. The smallest absolute Gasteiger partial charge is 0.142 e. The Labute approximate surface area is 167 Å². The van der Waals surface area contributed by atoms with Crippen molar-refractivity contribution >= 4 is 11.1 Å². The highest BCUT2D eigenvalue weighted by Crippen LogP contribution is 2.54. The van der Waals surface area contributed by atoms with Crippen LogP contribution in [0.3, 0.4) is 0 Å². The van der Waals surface area contributed by atoms with Crippen LogP contribution in [0, 0.1) is 0 Å². The van der Waals surface area contributed by atoms with Gasteiger partial charge in [0.25, 0.3) is 0 Å². The molecule has 0 radical (unpaired) electrons. The summed E-state index contributed by atoms with van der Waals surface area (Å²) in [5.74, 6) is 0.817. The second-order valence-corrected chi connectivity index (χ2v) is 7.31. The Kier molecular flexibility index (Phi) is 5.06. The van der Waals surface area contributed by atoms with Crippen LogP contribution in [0.15, 0.2) is 78.9 Å². The van der Waals surface area contributed by atoms with Gasteiger partial charge < -0.3 is 9.84 Å². The molecule has 2 heteroatoms. The topological polar surface area (TPSA) is 29.5 Å². The Balaban J connectivity index is 2.04. The zero-order valence-electron chi connectivity index (χ0n) is 16.5. The van der Waals surface area contributed by atoms with E-state index >= 15 is 0 Å². The normalized spacial score (nSPS) is 18.2. The number of allylic oxidation sites excluding steroid dienone is 1. The second kappa shape index (κ2) is 7.65. The summed E-state index contributed by atoms with van der Waals surface area (Å²) in [5, 5.41) is 12.3. The fraction of sp³-hybridized carbons (Fsp3) is 0.231. The van der Waals surface area contributed by atoms with Crippen LogP contribution in [0.25, 0.3) is 11.1 Å². The van der Waals surface area contributed by atoms with Crippen molar-refractivity contribution in [2.24, 2.45) is 0 Å². The van der Waals surface area contributed by atoms with Crippen molar-refractivity contribution in [3.63, 3.8) is 0 Å². The molecule has 2 nitrogen and oxygen atoms in total. The number of hydrogen-bond donors (Lipinski definition) is 1. The summed E-state index contributed by atoms with van der Waals surface area (Å²) in [7, 11) is 1.69. The Morgan fingerprint density at radius 2 is 1.57 bits per heavy atom. The first kappa shape index (κ1) is 18.5. The monoisotopic (exact) mass is 370 g/mol. The highest BCUT2D eigenvalue weighted by Gasteiger charge is 2.45. The molecule has 0 aliphatic heterocycles. The van der Waals surface area contributed by atoms with Crippen LogP contribution in [0.2, 0.25) is 0 Å². The summed E-state index contributed by atoms with van der Waals surface area (Å²) >= 11 is 0. The Morgan fingerprint density at radius 3 is 2.21 bits per heavy atom. The molecule has 3 aromatic carbocycles. The maximum atomic E-state index is 12.3. The molecule has 1 N–H and O–H groups in total. The lowest BCUT2D eigenvalue weighted by molar-refractivity contribution is 0.148. The summed E-state index contributed by atoms with van der Waals surface area (Å²) in [4.78, 5) is 0. The van der Waals surface area contributed by atoms with Gasteiger partial charge in [-0.05, 0) is 47.2 Å². The number of fused-ring (bicyclic) bond motifs is 1. The fourth-order valence-corrected chi connectivity index (χ4v) is 4.28. The molecule has 0 aromatic heterocycles. The molecule has 0 saturated heterocycles. The van der Waals surface area contributed by atoms with Crippen molar-refractivity contribution in [2.45, 2.75) is 31.8 Å². The lowest BCUT2D eigenvalue weighted by atomic mass is 9.80. The van der Waals surface area contributed by atoms with Crippen LogP contribution in [-0.2, 0) is 5.60 Å². The van der Waals surface area contributed by atoms with E-state index in [1.807, 2.05) is 60.7 Å². The third-order valence-electron chi connectivity index (χ3n) is 5.64. The molecule has 142 valence electrons. The molecule has 1 unspecified atom stereocenters. The van der Waals surface area contributed by atoms with E-state index in [0.29, 0.717) is 0 Å². The lowest BCUT2D eigenvalue weighted by Gasteiger charge is -2.29. The van der Waals surface area contributed by atoms with E-state index in [9.17, 15) is 5.11 Å². The molecule has 0 saturated carbocycles. The summed E-state index contributed by atoms with van der Waals surface area (Å²) in [5.41, 5.74) is 5.03. The van der Waals surface area contributed by atoms with Gasteiger partial charge in [0.1, 0.15) is 11.4 Å². The molecule has 1 aliphatic rings. The SMILES string of the molecule is CCCCC1=C(c2ccccc2)C(O)(c2ccccc2)c2ccc(OC)cc21. The van der Waals surface area contributed by atoms with Gasteiger partial charge in [-0.1, -0.05) is 80.1 Å². The molecular formula is C26H26O2. The quantitative estimate of drug-likeness (QED) is 0.573. The minimum absolute atomic E-state index is 0.817. The largest absolute Gasteiger partial charge is 0.497 e. The first-order valence-corrected chi connectivity index (χ1v) is 9.96. The maximum Gasteiger partial charge on any atom is 0.142 e. The lowest BCUT2D eigenvalue weighted by Crippen LogP contribution is -2.27. The molecule has 0 spiro atoms. The molecule has 0 heterocycles. The molecule has 0 amide bonds. The van der Waals surface area contributed by atoms with Crippen LogP contribution >= 0.6 is 0 Å². The van der Waals surface area contributed by atoms with Crippen LogP contribution in [0.5, 0.6) is 5.75 Å². The maximum absolute atomic E-state index is 12.3. The van der Waals surface area contributed by atoms with Crippen molar-refractivity contribution in [3.05, 3.63) is 101 Å². The standard InChI is InChI=1S/C26H26O2/c1-3-4-15-22-23-18-21(28-2)16-17-24(23)26(27,20-13-9-6-10-14-20)25(22)19-11-7-5-8-12-19/h5-14,16-18,27H,3-4,15H2,1-2H3. The van der Waals surface area contributed by atoms with Crippen molar-refractivity contribution in [3.8, 4) is 5.75 Å². The first-order valence-electron chi connectivity index (χ1n) is 9.96. The third-order valence-corrected chi connectivity index (χ3v) is 5.64. The minimum atomic E-state index is -1.17. The number of aliphatic hydroxyl groups is 1. The van der Waals surface area contributed by atoms with Gasteiger partial charge in [0.15, 0.2) is 0 Å². The summed E-state index contributed by atoms with van der Waals surface area (Å²) < 4.78 is 5.50. The molecular weight excluding hydrogens is 344 g/mol. The molecule has 0 fully saturated rings. The number of ether oxygens (including phenoxy) is 1. The summed E-state index contributed by atoms with van der Waals surface area (Å²) in [6.45, 7) is 2.20. The fourth-order valence-electron chi connectivity index (χ4n) is 4.28. The average Bonchev–Trinajstić information content (AvgIpc) is 3.02. The molecule has 0 bridgehead atoms. The molecule has 3 aromatic rings. The molecule has 1 aliphatic carbocycles. The summed E-state index contributed by atoms with van der Waals surface area (Å²) in [6.07, 6.45) is 3.11. The highest BCUT2D eigenvalue weighted by molar-refractivity contribution is 6.02. The van der Waals surface area contributed by atoms with Crippen LogP contribution in [-0.4, -0.2) is 12.2 Å². The molecule has 1 atom stereocenters. The van der Waals surface area contributed by atoms with Gasteiger partial charge in [-0.15, -0.1) is 0 Å². The van der Waals surface area contributed by atoms with Gasteiger partial charge in [-0.25, -0.2) is 0 Å². The van der Waals surface area contributed by atoms with Gasteiger partial charge >= 0.3 is 0 Å². The van der Waals surface area contributed by atoms with Gasteiger partial charge in [0, 0.05) is 11.1 Å². The minimum Gasteiger partial charge on any atom is -0.497 e. The zero-order chi connectivity index (χ0) is 19.6. The summed E-state index contributed by atoms with van der Waals surface area (Å²) in [6, 6.07) is 26.3. The zero-order valence-corrected chi connectivity index (χ0v) is 16.5. The van der Waals surface area contributed by atoms with Crippen molar-refractivity contribution < 1.29 is 9.84 Å². The van der Waals surface area contributed by atoms with Crippen molar-refractivity contribution in [1.82, 2.24) is 0 Å². The van der Waals surface area contributed by atoms with E-state index in [1.165, 1.54) is 5.57 Å². The van der Waals surface area contributed by atoms with E-state index in [-0.39, 0.29) is 0 Å². The van der Waals surface area contributed by atoms with Crippen molar-refractivity contribution in [1.29, 1.82) is 0 Å². The Bertz CT molecular complexity index is 989. The number of rotatable bonds is 6. The van der Waals surface area contributed by atoms with Gasteiger partial charge in [-0.3, -0.25) is 0 Å². The number of benzene rings is 3. The first-order chi connectivity index (χ1) is 13.7. The molecule has 4 rings (SSSR count). The van der Waals surface area contributed by atoms with E-state index in [2.05, 4.69) is 25.1 Å². The second-order valence-electron chi connectivity index (χ2n) is 7.31. The van der Waals surface area contributed by atoms with Crippen LogP contribution in [0.4, 0.5) is 0 Å². The van der Waals surface area contributed by atoms with Gasteiger partial charge in [0.05, 0.1) is 7.11 Å². The molecule has 28 heavy (non-hydrogen) atoms. The number of methoxy groups -OCH3 is 1.